The number of H-pyrrole nitrogens is 1. The van der Waals surface area contributed by atoms with Crippen molar-refractivity contribution < 1.29 is 0 Å². The summed E-state index contributed by atoms with van der Waals surface area (Å²) in [5.41, 5.74) is 1.27. The molecule has 0 atom stereocenters. The van der Waals surface area contributed by atoms with E-state index in [-0.39, 0.29) is 5.69 Å². The summed E-state index contributed by atoms with van der Waals surface area (Å²) in [5.74, 6) is 5.87. The molecule has 0 aliphatic carbocycles. The Hall–Kier alpha value is -2.34. The summed E-state index contributed by atoms with van der Waals surface area (Å²) in [7, 11) is 0. The van der Waals surface area contributed by atoms with Crippen LogP contribution in [0.4, 0.5) is 0 Å². The van der Waals surface area contributed by atoms with Gasteiger partial charge in [0, 0.05) is 18.0 Å². The Morgan fingerprint density at radius 3 is 2.47 bits per heavy atom. The molecule has 0 aliphatic rings. The minimum atomic E-state index is -0.361. The Bertz CT molecular complexity index is 541. The summed E-state index contributed by atoms with van der Waals surface area (Å²) in [4.78, 5) is 16.7. The fourth-order valence-corrected chi connectivity index (χ4v) is 1.08. The van der Waals surface area contributed by atoms with Gasteiger partial charge in [-0.05, 0) is 12.1 Å². The number of aromatic amines is 1. The smallest absolute Gasteiger partial charge is 0.311 e. The van der Waals surface area contributed by atoms with Crippen molar-refractivity contribution in [1.82, 2.24) is 9.97 Å². The fourth-order valence-electron chi connectivity index (χ4n) is 1.08. The molecule has 3 nitrogen and oxygen atoms in total. The van der Waals surface area contributed by atoms with Gasteiger partial charge in [0.15, 0.2) is 0 Å². The number of hydrogen-bond acceptors (Lipinski definition) is 2. The van der Waals surface area contributed by atoms with Gasteiger partial charge in [-0.15, -0.1) is 0 Å². The first kappa shape index (κ1) is 9.22. The van der Waals surface area contributed by atoms with Crippen LogP contribution in [0.5, 0.6) is 0 Å². The van der Waals surface area contributed by atoms with E-state index in [1.54, 1.807) is 6.20 Å². The Morgan fingerprint density at radius 1 is 1.07 bits per heavy atom. The van der Waals surface area contributed by atoms with E-state index in [0.717, 1.165) is 5.56 Å². The lowest BCUT2D eigenvalue weighted by Crippen LogP contribution is -2.07. The van der Waals surface area contributed by atoms with Crippen molar-refractivity contribution in [2.45, 2.75) is 0 Å². The van der Waals surface area contributed by atoms with Gasteiger partial charge in [0.05, 0.1) is 5.56 Å². The van der Waals surface area contributed by atoms with Crippen LogP contribution in [0.1, 0.15) is 11.1 Å². The van der Waals surface area contributed by atoms with Gasteiger partial charge in [-0.25, -0.2) is 9.78 Å². The highest BCUT2D eigenvalue weighted by molar-refractivity contribution is 5.40. The summed E-state index contributed by atoms with van der Waals surface area (Å²) in [6.07, 6.45) is 3.00. The second-order valence-corrected chi connectivity index (χ2v) is 2.92. The third-order valence-electron chi connectivity index (χ3n) is 1.80. The monoisotopic (exact) mass is 196 g/mol. The van der Waals surface area contributed by atoms with Gasteiger partial charge in [0.1, 0.15) is 0 Å². The molecule has 15 heavy (non-hydrogen) atoms. The quantitative estimate of drug-likeness (QED) is 0.643. The highest BCUT2D eigenvalue weighted by Gasteiger charge is 1.87. The van der Waals surface area contributed by atoms with Crippen molar-refractivity contribution >= 4 is 0 Å². The van der Waals surface area contributed by atoms with Gasteiger partial charge < -0.3 is 4.98 Å². The Morgan fingerprint density at radius 2 is 1.80 bits per heavy atom. The van der Waals surface area contributed by atoms with Crippen LogP contribution >= 0.6 is 0 Å². The molecule has 0 saturated heterocycles. The second-order valence-electron chi connectivity index (χ2n) is 2.92. The van der Waals surface area contributed by atoms with Crippen molar-refractivity contribution in [2.75, 3.05) is 0 Å². The highest BCUT2D eigenvalue weighted by atomic mass is 16.1. The maximum absolute atomic E-state index is 10.7. The highest BCUT2D eigenvalue weighted by Crippen LogP contribution is 1.96. The number of rotatable bonds is 0. The first-order chi connectivity index (χ1) is 7.34. The molecule has 0 amide bonds. The molecule has 0 unspecified atom stereocenters. The minimum Gasteiger partial charge on any atom is -0.311 e. The zero-order chi connectivity index (χ0) is 10.5. The minimum absolute atomic E-state index is 0.361. The lowest BCUT2D eigenvalue weighted by atomic mass is 10.2. The average Bonchev–Trinajstić information content (AvgIpc) is 2.30. The maximum Gasteiger partial charge on any atom is 0.344 e. The van der Waals surface area contributed by atoms with E-state index >= 15 is 0 Å². The van der Waals surface area contributed by atoms with E-state index in [0.29, 0.717) is 5.56 Å². The van der Waals surface area contributed by atoms with Crippen LogP contribution in [0, 0.1) is 11.8 Å². The molecule has 1 heterocycles. The number of benzene rings is 1. The van der Waals surface area contributed by atoms with Crippen LogP contribution in [0.3, 0.4) is 0 Å². The summed E-state index contributed by atoms with van der Waals surface area (Å²) >= 11 is 0. The summed E-state index contributed by atoms with van der Waals surface area (Å²) < 4.78 is 0. The Labute approximate surface area is 86.8 Å². The largest absolute Gasteiger partial charge is 0.344 e. The van der Waals surface area contributed by atoms with E-state index in [2.05, 4.69) is 21.8 Å². The molecule has 1 N–H and O–H groups in total. The molecule has 1 aromatic carbocycles. The van der Waals surface area contributed by atoms with E-state index < -0.39 is 0 Å². The molecule has 0 aliphatic heterocycles. The van der Waals surface area contributed by atoms with E-state index in [1.165, 1.54) is 6.20 Å². The van der Waals surface area contributed by atoms with Crippen LogP contribution in [0.2, 0.25) is 0 Å². The third kappa shape index (κ3) is 2.55. The van der Waals surface area contributed by atoms with Gasteiger partial charge in [-0.2, -0.15) is 0 Å². The van der Waals surface area contributed by atoms with Crippen LogP contribution in [0.15, 0.2) is 47.5 Å². The maximum atomic E-state index is 10.7. The zero-order valence-corrected chi connectivity index (χ0v) is 7.90. The Kier molecular flexibility index (Phi) is 2.61. The van der Waals surface area contributed by atoms with Crippen molar-refractivity contribution in [3.05, 3.63) is 64.3 Å². The number of hydrogen-bond donors (Lipinski definition) is 1. The lowest BCUT2D eigenvalue weighted by Gasteiger charge is -1.87. The molecule has 0 saturated carbocycles. The summed E-state index contributed by atoms with van der Waals surface area (Å²) in [6.45, 7) is 0. The van der Waals surface area contributed by atoms with Crippen molar-refractivity contribution in [3.8, 4) is 11.8 Å². The van der Waals surface area contributed by atoms with Crippen LogP contribution in [0.25, 0.3) is 0 Å². The molecule has 2 rings (SSSR count). The third-order valence-corrected chi connectivity index (χ3v) is 1.80. The fraction of sp³-hybridized carbons (Fsp3) is 0. The predicted molar refractivity (Wildman–Crippen MR) is 57.3 cm³/mol. The second kappa shape index (κ2) is 4.25. The molecular weight excluding hydrogens is 188 g/mol. The molecule has 72 valence electrons. The lowest BCUT2D eigenvalue weighted by molar-refractivity contribution is 1.07. The zero-order valence-electron chi connectivity index (χ0n) is 7.90. The molecule has 0 bridgehead atoms. The van der Waals surface area contributed by atoms with Gasteiger partial charge in [-0.3, -0.25) is 0 Å². The number of nitrogens with one attached hydrogen (secondary N) is 1. The van der Waals surface area contributed by atoms with E-state index in [4.69, 9.17) is 0 Å². The summed E-state index contributed by atoms with van der Waals surface area (Å²) in [5, 5.41) is 0. The SMILES string of the molecule is O=c1ncc(C#Cc2ccccc2)c[nH]1. The molecule has 0 spiro atoms. The first-order valence-electron chi connectivity index (χ1n) is 4.46. The number of nitrogens with zero attached hydrogens (tertiary/aromatic N) is 1. The van der Waals surface area contributed by atoms with E-state index in [1.807, 2.05) is 30.3 Å². The molecule has 1 aromatic heterocycles. The molecule has 2 aromatic rings. The topological polar surface area (TPSA) is 45.8 Å². The van der Waals surface area contributed by atoms with Crippen LogP contribution in [-0.4, -0.2) is 9.97 Å². The summed E-state index contributed by atoms with van der Waals surface area (Å²) in [6, 6.07) is 9.63. The number of aromatic nitrogens is 2. The van der Waals surface area contributed by atoms with Gasteiger partial charge >= 0.3 is 5.69 Å². The average molecular weight is 196 g/mol. The van der Waals surface area contributed by atoms with Gasteiger partial charge in [0.2, 0.25) is 0 Å². The first-order valence-corrected chi connectivity index (χ1v) is 4.46. The van der Waals surface area contributed by atoms with Gasteiger partial charge in [-0.1, -0.05) is 30.0 Å². The van der Waals surface area contributed by atoms with Crippen LogP contribution < -0.4 is 5.69 Å². The van der Waals surface area contributed by atoms with E-state index in [9.17, 15) is 4.79 Å². The molecule has 0 radical (unpaired) electrons. The predicted octanol–water partition coefficient (Wildman–Crippen LogP) is 1.17. The molecule has 3 heteroatoms. The van der Waals surface area contributed by atoms with Crippen molar-refractivity contribution in [3.63, 3.8) is 0 Å². The van der Waals surface area contributed by atoms with Gasteiger partial charge in [0.25, 0.3) is 0 Å². The normalized spacial score (nSPS) is 9.07. The van der Waals surface area contributed by atoms with Crippen molar-refractivity contribution in [2.24, 2.45) is 0 Å². The van der Waals surface area contributed by atoms with Crippen LogP contribution in [-0.2, 0) is 0 Å². The van der Waals surface area contributed by atoms with Crippen molar-refractivity contribution in [1.29, 1.82) is 0 Å². The standard InChI is InChI=1S/C12H8N2O/c15-12-13-8-11(9-14-12)7-6-10-4-2-1-3-5-10/h1-5,8-9H,(H,13,14,15). The molecule has 0 fully saturated rings. The molecular formula is C12H8N2O. The Balaban J connectivity index is 2.26.